The Kier molecular flexibility index (Phi) is 6.25. The van der Waals surface area contributed by atoms with Gasteiger partial charge in [0.2, 0.25) is 5.91 Å². The van der Waals surface area contributed by atoms with Gasteiger partial charge in [0, 0.05) is 7.05 Å². The van der Waals surface area contributed by atoms with Gasteiger partial charge < -0.3 is 14.6 Å². The van der Waals surface area contributed by atoms with Crippen LogP contribution in [0.2, 0.25) is 0 Å². The van der Waals surface area contributed by atoms with Crippen molar-refractivity contribution < 1.29 is 9.53 Å². The lowest BCUT2D eigenvalue weighted by atomic mass is 9.83. The Hall–Kier alpha value is -2.53. The van der Waals surface area contributed by atoms with Crippen molar-refractivity contribution in [2.45, 2.75) is 55.0 Å². The van der Waals surface area contributed by atoms with Crippen LogP contribution in [0, 0.1) is 11.3 Å². The summed E-state index contributed by atoms with van der Waals surface area (Å²) in [5.41, 5.74) is 0.113. The number of rotatable bonds is 6. The maximum absolute atomic E-state index is 12.7. The lowest BCUT2D eigenvalue weighted by Gasteiger charge is -2.32. The van der Waals surface area contributed by atoms with Crippen molar-refractivity contribution >= 4 is 17.7 Å². The van der Waals surface area contributed by atoms with Crippen molar-refractivity contribution in [3.05, 3.63) is 24.3 Å². The molecule has 1 heterocycles. The van der Waals surface area contributed by atoms with Crippen molar-refractivity contribution in [3.63, 3.8) is 0 Å². The molecule has 8 heteroatoms. The van der Waals surface area contributed by atoms with Crippen LogP contribution in [-0.4, -0.2) is 38.6 Å². The van der Waals surface area contributed by atoms with Crippen LogP contribution < -0.4 is 10.1 Å². The van der Waals surface area contributed by atoms with Gasteiger partial charge >= 0.3 is 0 Å². The summed E-state index contributed by atoms with van der Waals surface area (Å²) in [4.78, 5) is 12.7. The third-order valence-electron chi connectivity index (χ3n) is 5.12. The van der Waals surface area contributed by atoms with Crippen LogP contribution in [0.1, 0.15) is 39.0 Å². The van der Waals surface area contributed by atoms with Gasteiger partial charge in [0.05, 0.1) is 24.0 Å². The average molecular weight is 400 g/mol. The largest absolute Gasteiger partial charge is 0.496 e. The SMILES string of the molecule is COc1ccccc1-c1nnc(SC(C)C(=O)NC2(C#N)CCCCC2)n1C. The summed E-state index contributed by atoms with van der Waals surface area (Å²) < 4.78 is 7.26. The van der Waals surface area contributed by atoms with E-state index >= 15 is 0 Å². The van der Waals surface area contributed by atoms with Gasteiger partial charge in [0.1, 0.15) is 11.3 Å². The number of amides is 1. The molecule has 1 N–H and O–H groups in total. The Bertz CT molecular complexity index is 883. The van der Waals surface area contributed by atoms with Gasteiger partial charge in [-0.3, -0.25) is 4.79 Å². The molecule has 1 unspecified atom stereocenters. The molecule has 0 saturated heterocycles. The number of nitriles is 1. The van der Waals surface area contributed by atoms with E-state index in [2.05, 4.69) is 21.6 Å². The Morgan fingerprint density at radius 1 is 1.32 bits per heavy atom. The van der Waals surface area contributed by atoms with E-state index in [4.69, 9.17) is 4.74 Å². The van der Waals surface area contributed by atoms with Crippen molar-refractivity contribution in [2.75, 3.05) is 7.11 Å². The molecule has 28 heavy (non-hydrogen) atoms. The Balaban J connectivity index is 1.73. The minimum Gasteiger partial charge on any atom is -0.496 e. The molecule has 7 nitrogen and oxygen atoms in total. The van der Waals surface area contributed by atoms with Gasteiger partial charge in [-0.05, 0) is 31.9 Å². The van der Waals surface area contributed by atoms with Gasteiger partial charge in [-0.25, -0.2) is 0 Å². The van der Waals surface area contributed by atoms with E-state index in [0.29, 0.717) is 29.6 Å². The second kappa shape index (κ2) is 8.65. The summed E-state index contributed by atoms with van der Waals surface area (Å²) in [5.74, 6) is 1.25. The molecule has 148 valence electrons. The highest BCUT2D eigenvalue weighted by Gasteiger charge is 2.35. The van der Waals surface area contributed by atoms with E-state index in [-0.39, 0.29) is 11.2 Å². The van der Waals surface area contributed by atoms with E-state index in [9.17, 15) is 10.1 Å². The van der Waals surface area contributed by atoms with Crippen molar-refractivity contribution in [1.82, 2.24) is 20.1 Å². The lowest BCUT2D eigenvalue weighted by molar-refractivity contribution is -0.121. The zero-order chi connectivity index (χ0) is 20.1. The molecule has 1 aliphatic rings. The summed E-state index contributed by atoms with van der Waals surface area (Å²) in [6.45, 7) is 1.82. The van der Waals surface area contributed by atoms with Gasteiger partial charge in [0.25, 0.3) is 0 Å². The number of carbonyl (C=O) groups is 1. The Morgan fingerprint density at radius 3 is 2.71 bits per heavy atom. The number of para-hydroxylation sites is 1. The monoisotopic (exact) mass is 399 g/mol. The first-order valence-corrected chi connectivity index (χ1v) is 10.3. The fourth-order valence-electron chi connectivity index (χ4n) is 3.45. The maximum Gasteiger partial charge on any atom is 0.234 e. The summed E-state index contributed by atoms with van der Waals surface area (Å²) in [5, 5.41) is 21.3. The van der Waals surface area contributed by atoms with Gasteiger partial charge in [0.15, 0.2) is 11.0 Å². The Labute approximate surface area is 169 Å². The lowest BCUT2D eigenvalue weighted by Crippen LogP contribution is -2.50. The fraction of sp³-hybridized carbons (Fsp3) is 0.500. The highest BCUT2D eigenvalue weighted by Crippen LogP contribution is 2.32. The first-order chi connectivity index (χ1) is 13.5. The minimum atomic E-state index is -0.730. The first kappa shape index (κ1) is 20.2. The topological polar surface area (TPSA) is 92.8 Å². The van der Waals surface area contributed by atoms with Crippen LogP contribution in [0.15, 0.2) is 29.4 Å². The molecular formula is C20H25N5O2S. The number of nitrogens with one attached hydrogen (secondary N) is 1. The van der Waals surface area contributed by atoms with E-state index in [1.165, 1.54) is 11.8 Å². The Morgan fingerprint density at radius 2 is 2.04 bits per heavy atom. The number of benzene rings is 1. The number of aromatic nitrogens is 3. The molecule has 0 bridgehead atoms. The van der Waals surface area contributed by atoms with Crippen LogP contribution in [0.4, 0.5) is 0 Å². The fourth-order valence-corrected chi connectivity index (χ4v) is 4.27. The van der Waals surface area contributed by atoms with Crippen molar-refractivity contribution in [1.29, 1.82) is 5.26 Å². The molecule has 0 radical (unpaired) electrons. The maximum atomic E-state index is 12.7. The summed E-state index contributed by atoms with van der Waals surface area (Å²) in [6, 6.07) is 9.94. The predicted molar refractivity (Wildman–Crippen MR) is 108 cm³/mol. The summed E-state index contributed by atoms with van der Waals surface area (Å²) in [6.07, 6.45) is 4.50. The van der Waals surface area contributed by atoms with Gasteiger partial charge in [-0.1, -0.05) is 43.2 Å². The number of carbonyl (C=O) groups excluding carboxylic acids is 1. The smallest absolute Gasteiger partial charge is 0.234 e. The van der Waals surface area contributed by atoms with E-state index < -0.39 is 5.54 Å². The van der Waals surface area contributed by atoms with Crippen LogP contribution in [0.25, 0.3) is 11.4 Å². The molecule has 0 spiro atoms. The molecule has 1 aliphatic carbocycles. The van der Waals surface area contributed by atoms with Crippen molar-refractivity contribution in [3.8, 4) is 23.2 Å². The van der Waals surface area contributed by atoms with Crippen LogP contribution >= 0.6 is 11.8 Å². The molecule has 1 fully saturated rings. The molecular weight excluding hydrogens is 374 g/mol. The zero-order valence-electron chi connectivity index (χ0n) is 16.4. The van der Waals surface area contributed by atoms with Crippen molar-refractivity contribution in [2.24, 2.45) is 7.05 Å². The number of hydrogen-bond acceptors (Lipinski definition) is 6. The third-order valence-corrected chi connectivity index (χ3v) is 6.25. The second-order valence-electron chi connectivity index (χ2n) is 7.07. The van der Waals surface area contributed by atoms with Gasteiger partial charge in [-0.15, -0.1) is 10.2 Å². The molecule has 1 saturated carbocycles. The normalized spacial score (nSPS) is 16.8. The van der Waals surface area contributed by atoms with Crippen LogP contribution in [0.3, 0.4) is 0 Å². The van der Waals surface area contributed by atoms with E-state index in [0.717, 1.165) is 24.8 Å². The average Bonchev–Trinajstić information content (AvgIpc) is 3.08. The molecule has 1 atom stereocenters. The minimum absolute atomic E-state index is 0.143. The molecule has 1 aromatic heterocycles. The van der Waals surface area contributed by atoms with E-state index in [1.807, 2.05) is 42.8 Å². The standard InChI is InChI=1S/C20H25N5O2S/c1-14(18(26)22-20(13-21)11-7-4-8-12-20)28-19-24-23-17(25(19)2)15-9-5-6-10-16(15)27-3/h5-6,9-10,14H,4,7-8,11-12H2,1-3H3,(H,22,26). The highest BCUT2D eigenvalue weighted by atomic mass is 32.2. The van der Waals surface area contributed by atoms with E-state index in [1.54, 1.807) is 7.11 Å². The quantitative estimate of drug-likeness (QED) is 0.749. The second-order valence-corrected chi connectivity index (χ2v) is 8.38. The molecule has 0 aliphatic heterocycles. The van der Waals surface area contributed by atoms with Crippen LogP contribution in [0.5, 0.6) is 5.75 Å². The highest BCUT2D eigenvalue weighted by molar-refractivity contribution is 8.00. The number of ether oxygens (including phenoxy) is 1. The molecule has 1 amide bonds. The first-order valence-electron chi connectivity index (χ1n) is 9.42. The van der Waals surface area contributed by atoms with Crippen LogP contribution in [-0.2, 0) is 11.8 Å². The van der Waals surface area contributed by atoms with Gasteiger partial charge in [-0.2, -0.15) is 5.26 Å². The summed E-state index contributed by atoms with van der Waals surface area (Å²) in [7, 11) is 3.49. The molecule has 2 aromatic rings. The predicted octanol–water partition coefficient (Wildman–Crippen LogP) is 3.31. The number of nitrogens with zero attached hydrogens (tertiary/aromatic N) is 4. The molecule has 3 rings (SSSR count). The summed E-state index contributed by atoms with van der Waals surface area (Å²) >= 11 is 1.33. The zero-order valence-corrected chi connectivity index (χ0v) is 17.3. The number of thioether (sulfide) groups is 1. The molecule has 1 aromatic carbocycles. The third kappa shape index (κ3) is 4.14. The number of hydrogen-bond donors (Lipinski definition) is 1. The number of methoxy groups -OCH3 is 1.